The third-order valence-corrected chi connectivity index (χ3v) is 3.63. The summed E-state index contributed by atoms with van der Waals surface area (Å²) in [5.41, 5.74) is 0.485. The number of carbonyl (C=O) groups excluding carboxylic acids is 1. The number of amides is 2. The predicted octanol–water partition coefficient (Wildman–Crippen LogP) is 2.66. The number of anilines is 1. The summed E-state index contributed by atoms with van der Waals surface area (Å²) in [5, 5.41) is 11.8. The molecule has 1 saturated heterocycles. The molecule has 0 aromatic heterocycles. The molecule has 0 saturated carbocycles. The highest BCUT2D eigenvalue weighted by Crippen LogP contribution is 2.26. The molecule has 2 amide bonds. The number of nitrogens with zero attached hydrogens (tertiary/aromatic N) is 1. The third-order valence-electron chi connectivity index (χ3n) is 3.63. The fraction of sp³-hybridized carbons (Fsp3) is 0.467. The number of urea groups is 1. The Morgan fingerprint density at radius 1 is 1.43 bits per heavy atom. The summed E-state index contributed by atoms with van der Waals surface area (Å²) in [6.45, 7) is 3.55. The van der Waals surface area contributed by atoms with Gasteiger partial charge in [-0.15, -0.1) is 0 Å². The minimum Gasteiger partial charge on any atom is -0.495 e. The van der Waals surface area contributed by atoms with Crippen LogP contribution in [0.1, 0.15) is 30.1 Å². The molecule has 114 valence electrons. The molecule has 1 aromatic rings. The van der Waals surface area contributed by atoms with Crippen molar-refractivity contribution >= 4 is 17.7 Å². The van der Waals surface area contributed by atoms with E-state index in [-0.39, 0.29) is 11.6 Å². The number of carbonyl (C=O) groups is 2. The summed E-state index contributed by atoms with van der Waals surface area (Å²) in [6.07, 6.45) is 2.11. The molecular formula is C15H20N2O4. The van der Waals surface area contributed by atoms with Crippen molar-refractivity contribution in [2.45, 2.75) is 19.8 Å². The van der Waals surface area contributed by atoms with E-state index in [1.165, 1.54) is 25.3 Å². The second-order valence-corrected chi connectivity index (χ2v) is 5.34. The molecule has 1 aliphatic heterocycles. The smallest absolute Gasteiger partial charge is 0.335 e. The topological polar surface area (TPSA) is 78.9 Å². The second kappa shape index (κ2) is 6.47. The van der Waals surface area contributed by atoms with Gasteiger partial charge in [0.2, 0.25) is 0 Å². The van der Waals surface area contributed by atoms with Crippen molar-refractivity contribution < 1.29 is 19.4 Å². The number of hydrogen-bond acceptors (Lipinski definition) is 3. The predicted molar refractivity (Wildman–Crippen MR) is 78.9 cm³/mol. The molecule has 6 nitrogen and oxygen atoms in total. The number of methoxy groups -OCH3 is 1. The molecule has 1 fully saturated rings. The fourth-order valence-corrected chi connectivity index (χ4v) is 2.51. The zero-order valence-corrected chi connectivity index (χ0v) is 12.3. The van der Waals surface area contributed by atoms with Crippen LogP contribution in [-0.2, 0) is 0 Å². The van der Waals surface area contributed by atoms with Gasteiger partial charge in [0.1, 0.15) is 5.75 Å². The highest BCUT2D eigenvalue weighted by Gasteiger charge is 2.22. The molecule has 6 heteroatoms. The van der Waals surface area contributed by atoms with Crippen molar-refractivity contribution in [2.24, 2.45) is 5.92 Å². The minimum atomic E-state index is -1.04. The molecule has 0 bridgehead atoms. The molecule has 2 N–H and O–H groups in total. The van der Waals surface area contributed by atoms with E-state index in [4.69, 9.17) is 9.84 Å². The Kier molecular flexibility index (Phi) is 4.67. The minimum absolute atomic E-state index is 0.109. The Labute approximate surface area is 123 Å². The van der Waals surface area contributed by atoms with Crippen LogP contribution in [0.3, 0.4) is 0 Å². The molecule has 1 aliphatic rings. The first-order valence-corrected chi connectivity index (χ1v) is 6.98. The molecule has 2 rings (SSSR count). The molecule has 0 aliphatic carbocycles. The first-order chi connectivity index (χ1) is 10.0. The van der Waals surface area contributed by atoms with Crippen molar-refractivity contribution in [3.05, 3.63) is 23.8 Å². The van der Waals surface area contributed by atoms with E-state index in [2.05, 4.69) is 12.2 Å². The van der Waals surface area contributed by atoms with Gasteiger partial charge >= 0.3 is 12.0 Å². The summed E-state index contributed by atoms with van der Waals surface area (Å²) in [5.74, 6) is -0.116. The lowest BCUT2D eigenvalue weighted by atomic mass is 10.0. The number of aromatic carboxylic acids is 1. The number of piperidine rings is 1. The third kappa shape index (κ3) is 3.65. The highest BCUT2D eigenvalue weighted by atomic mass is 16.5. The lowest BCUT2D eigenvalue weighted by molar-refractivity contribution is 0.0697. The average Bonchev–Trinajstić information content (AvgIpc) is 2.47. The highest BCUT2D eigenvalue weighted by molar-refractivity contribution is 5.94. The van der Waals surface area contributed by atoms with Gasteiger partial charge in [0.25, 0.3) is 0 Å². The molecule has 1 heterocycles. The van der Waals surface area contributed by atoms with Crippen LogP contribution in [0.25, 0.3) is 0 Å². The van der Waals surface area contributed by atoms with Crippen molar-refractivity contribution in [1.29, 1.82) is 0 Å². The van der Waals surface area contributed by atoms with Crippen molar-refractivity contribution in [3.63, 3.8) is 0 Å². The maximum absolute atomic E-state index is 12.3. The van der Waals surface area contributed by atoms with Crippen molar-refractivity contribution in [2.75, 3.05) is 25.5 Å². The van der Waals surface area contributed by atoms with Crippen LogP contribution in [0.15, 0.2) is 18.2 Å². The SMILES string of the molecule is COc1ccc(C(=O)O)cc1NC(=O)N1CCCC(C)C1. The van der Waals surface area contributed by atoms with E-state index in [0.29, 0.717) is 23.9 Å². The molecule has 0 spiro atoms. The quantitative estimate of drug-likeness (QED) is 0.897. The standard InChI is InChI=1S/C15H20N2O4/c1-10-4-3-7-17(9-10)15(20)16-12-8-11(14(18)19)5-6-13(12)21-2/h5-6,8,10H,3-4,7,9H2,1-2H3,(H,16,20)(H,18,19). The van der Waals surface area contributed by atoms with Crippen LogP contribution < -0.4 is 10.1 Å². The van der Waals surface area contributed by atoms with E-state index < -0.39 is 5.97 Å². The van der Waals surface area contributed by atoms with Gasteiger partial charge in [-0.2, -0.15) is 0 Å². The van der Waals surface area contributed by atoms with Gasteiger partial charge in [-0.25, -0.2) is 9.59 Å². The van der Waals surface area contributed by atoms with Gasteiger partial charge < -0.3 is 20.1 Å². The Balaban J connectivity index is 2.15. The summed E-state index contributed by atoms with van der Waals surface area (Å²) >= 11 is 0. The number of nitrogens with one attached hydrogen (secondary N) is 1. The normalized spacial score (nSPS) is 18.2. The molecule has 21 heavy (non-hydrogen) atoms. The van der Waals surface area contributed by atoms with E-state index in [9.17, 15) is 9.59 Å². The molecular weight excluding hydrogens is 272 g/mol. The Bertz CT molecular complexity index is 544. The van der Waals surface area contributed by atoms with E-state index in [0.717, 1.165) is 19.4 Å². The Morgan fingerprint density at radius 2 is 2.19 bits per heavy atom. The van der Waals surface area contributed by atoms with Gasteiger partial charge in [-0.3, -0.25) is 0 Å². The average molecular weight is 292 g/mol. The lowest BCUT2D eigenvalue weighted by Gasteiger charge is -2.31. The van der Waals surface area contributed by atoms with Crippen molar-refractivity contribution in [1.82, 2.24) is 4.90 Å². The van der Waals surface area contributed by atoms with Gasteiger partial charge in [-0.05, 0) is 37.0 Å². The zero-order chi connectivity index (χ0) is 15.4. The summed E-state index contributed by atoms with van der Waals surface area (Å²) in [6, 6.07) is 4.17. The molecule has 1 atom stereocenters. The summed E-state index contributed by atoms with van der Waals surface area (Å²) in [7, 11) is 1.48. The maximum Gasteiger partial charge on any atom is 0.335 e. The maximum atomic E-state index is 12.3. The van der Waals surface area contributed by atoms with Crippen LogP contribution in [0.2, 0.25) is 0 Å². The van der Waals surface area contributed by atoms with Crippen molar-refractivity contribution in [3.8, 4) is 5.75 Å². The Morgan fingerprint density at radius 3 is 2.81 bits per heavy atom. The van der Waals surface area contributed by atoms with Gasteiger partial charge in [0.15, 0.2) is 0 Å². The van der Waals surface area contributed by atoms with Crippen LogP contribution in [0.5, 0.6) is 5.75 Å². The van der Waals surface area contributed by atoms with Crippen LogP contribution in [0, 0.1) is 5.92 Å². The summed E-state index contributed by atoms with van der Waals surface area (Å²) < 4.78 is 5.16. The van der Waals surface area contributed by atoms with Gasteiger partial charge in [0, 0.05) is 13.1 Å². The van der Waals surface area contributed by atoms with Gasteiger partial charge in [-0.1, -0.05) is 6.92 Å². The number of hydrogen-bond donors (Lipinski definition) is 2. The van der Waals surface area contributed by atoms with E-state index in [1.54, 1.807) is 4.90 Å². The van der Waals surface area contributed by atoms with E-state index >= 15 is 0 Å². The number of carboxylic acid groups (broad SMARTS) is 1. The first kappa shape index (κ1) is 15.2. The zero-order valence-electron chi connectivity index (χ0n) is 12.3. The number of ether oxygens (including phenoxy) is 1. The van der Waals surface area contributed by atoms with Gasteiger partial charge in [0.05, 0.1) is 18.4 Å². The van der Waals surface area contributed by atoms with E-state index in [1.807, 2.05) is 0 Å². The van der Waals surface area contributed by atoms with Crippen LogP contribution in [0.4, 0.5) is 10.5 Å². The molecule has 1 aromatic carbocycles. The van der Waals surface area contributed by atoms with Crippen LogP contribution >= 0.6 is 0 Å². The summed E-state index contributed by atoms with van der Waals surface area (Å²) in [4.78, 5) is 25.0. The number of likely N-dealkylation sites (tertiary alicyclic amines) is 1. The monoisotopic (exact) mass is 292 g/mol. The largest absolute Gasteiger partial charge is 0.495 e. The molecule has 1 unspecified atom stereocenters. The number of benzene rings is 1. The number of rotatable bonds is 3. The van der Waals surface area contributed by atoms with Crippen LogP contribution in [-0.4, -0.2) is 42.2 Å². The first-order valence-electron chi connectivity index (χ1n) is 6.98. The fourth-order valence-electron chi connectivity index (χ4n) is 2.51. The second-order valence-electron chi connectivity index (χ2n) is 5.34. The lowest BCUT2D eigenvalue weighted by Crippen LogP contribution is -2.41. The molecule has 0 radical (unpaired) electrons. The number of carboxylic acids is 1. The Hall–Kier alpha value is -2.24.